The molecule has 0 heterocycles. The van der Waals surface area contributed by atoms with Crippen molar-refractivity contribution in [2.75, 3.05) is 6.54 Å². The normalized spacial score (nSPS) is 33.5. The van der Waals surface area contributed by atoms with Crippen LogP contribution in [0.1, 0.15) is 32.1 Å². The SMILES string of the molecule is O=S(=O)(NCC1CCCC1O)C1CC1. The number of hydrogen-bond acceptors (Lipinski definition) is 3. The van der Waals surface area contributed by atoms with Gasteiger partial charge in [-0.05, 0) is 31.6 Å². The van der Waals surface area contributed by atoms with Gasteiger partial charge in [0.2, 0.25) is 10.0 Å². The van der Waals surface area contributed by atoms with Gasteiger partial charge in [-0.25, -0.2) is 13.1 Å². The molecule has 0 amide bonds. The van der Waals surface area contributed by atoms with E-state index >= 15 is 0 Å². The van der Waals surface area contributed by atoms with Crippen molar-refractivity contribution in [3.05, 3.63) is 0 Å². The molecule has 2 aliphatic rings. The van der Waals surface area contributed by atoms with Crippen LogP contribution >= 0.6 is 0 Å². The zero-order chi connectivity index (χ0) is 10.2. The van der Waals surface area contributed by atoms with Crippen molar-refractivity contribution in [1.29, 1.82) is 0 Å². The Balaban J connectivity index is 1.81. The van der Waals surface area contributed by atoms with E-state index in [9.17, 15) is 13.5 Å². The van der Waals surface area contributed by atoms with Crippen LogP contribution in [0.25, 0.3) is 0 Å². The summed E-state index contributed by atoms with van der Waals surface area (Å²) in [5.74, 6) is 0.128. The second kappa shape index (κ2) is 3.79. The molecule has 4 nitrogen and oxygen atoms in total. The molecule has 0 aromatic rings. The van der Waals surface area contributed by atoms with Gasteiger partial charge >= 0.3 is 0 Å². The fraction of sp³-hybridized carbons (Fsp3) is 1.00. The molecule has 5 heteroatoms. The highest BCUT2D eigenvalue weighted by atomic mass is 32.2. The lowest BCUT2D eigenvalue weighted by molar-refractivity contribution is 0.134. The van der Waals surface area contributed by atoms with Crippen molar-refractivity contribution in [3.63, 3.8) is 0 Å². The molecule has 2 rings (SSSR count). The van der Waals surface area contributed by atoms with Crippen LogP contribution in [0.4, 0.5) is 0 Å². The van der Waals surface area contributed by atoms with Crippen LogP contribution in [0, 0.1) is 5.92 Å². The maximum absolute atomic E-state index is 11.5. The van der Waals surface area contributed by atoms with Gasteiger partial charge < -0.3 is 5.11 Å². The fourth-order valence-electron chi connectivity index (χ4n) is 1.97. The minimum absolute atomic E-state index is 0.128. The molecule has 2 unspecified atom stereocenters. The largest absolute Gasteiger partial charge is 0.393 e. The van der Waals surface area contributed by atoms with E-state index in [1.807, 2.05) is 0 Å². The zero-order valence-corrected chi connectivity index (χ0v) is 8.96. The molecule has 2 fully saturated rings. The predicted molar refractivity (Wildman–Crippen MR) is 53.3 cm³/mol. The monoisotopic (exact) mass is 219 g/mol. The molecule has 0 saturated heterocycles. The second-order valence-electron chi connectivity index (χ2n) is 4.35. The number of nitrogens with one attached hydrogen (secondary N) is 1. The lowest BCUT2D eigenvalue weighted by Crippen LogP contribution is -2.34. The van der Waals surface area contributed by atoms with Gasteiger partial charge in [-0.1, -0.05) is 6.42 Å². The Labute approximate surface area is 84.8 Å². The summed E-state index contributed by atoms with van der Waals surface area (Å²) in [6.07, 6.45) is 4.05. The Kier molecular flexibility index (Phi) is 2.81. The molecule has 0 aromatic carbocycles. The predicted octanol–water partition coefficient (Wildman–Crippen LogP) is 0.229. The van der Waals surface area contributed by atoms with E-state index in [4.69, 9.17) is 0 Å². The van der Waals surface area contributed by atoms with Crippen LogP contribution in [-0.4, -0.2) is 31.4 Å². The summed E-state index contributed by atoms with van der Waals surface area (Å²) < 4.78 is 25.5. The van der Waals surface area contributed by atoms with Crippen LogP contribution in [0.2, 0.25) is 0 Å². The maximum atomic E-state index is 11.5. The molecule has 0 radical (unpaired) electrons. The average Bonchev–Trinajstić information content (AvgIpc) is 2.89. The van der Waals surface area contributed by atoms with Gasteiger partial charge in [-0.3, -0.25) is 0 Å². The quantitative estimate of drug-likeness (QED) is 0.711. The number of aliphatic hydroxyl groups excluding tert-OH is 1. The Morgan fingerprint density at radius 1 is 1.21 bits per heavy atom. The van der Waals surface area contributed by atoms with E-state index in [0.717, 1.165) is 32.1 Å². The summed E-state index contributed by atoms with van der Waals surface area (Å²) in [5, 5.41) is 9.35. The van der Waals surface area contributed by atoms with Gasteiger partial charge in [0.15, 0.2) is 0 Å². The van der Waals surface area contributed by atoms with Crippen molar-refractivity contribution in [2.45, 2.75) is 43.5 Å². The molecule has 0 aromatic heterocycles. The summed E-state index contributed by atoms with van der Waals surface area (Å²) >= 11 is 0. The van der Waals surface area contributed by atoms with Gasteiger partial charge in [-0.2, -0.15) is 0 Å². The number of sulfonamides is 1. The van der Waals surface area contributed by atoms with Gasteiger partial charge in [0.25, 0.3) is 0 Å². The van der Waals surface area contributed by atoms with Crippen molar-refractivity contribution < 1.29 is 13.5 Å². The third-order valence-corrected chi connectivity index (χ3v) is 5.05. The van der Waals surface area contributed by atoms with Crippen molar-refractivity contribution in [2.24, 2.45) is 5.92 Å². The van der Waals surface area contributed by atoms with Crippen LogP contribution in [0.5, 0.6) is 0 Å². The third-order valence-electron chi connectivity index (χ3n) is 3.13. The highest BCUT2D eigenvalue weighted by molar-refractivity contribution is 7.90. The third kappa shape index (κ3) is 2.27. The van der Waals surface area contributed by atoms with E-state index in [2.05, 4.69) is 4.72 Å². The smallest absolute Gasteiger partial charge is 0.214 e. The lowest BCUT2D eigenvalue weighted by Gasteiger charge is -2.14. The highest BCUT2D eigenvalue weighted by Gasteiger charge is 2.36. The van der Waals surface area contributed by atoms with Gasteiger partial charge in [0, 0.05) is 6.54 Å². The topological polar surface area (TPSA) is 66.4 Å². The van der Waals surface area contributed by atoms with E-state index < -0.39 is 10.0 Å². The Hall–Kier alpha value is -0.130. The summed E-state index contributed by atoms with van der Waals surface area (Å²) in [5.41, 5.74) is 0. The summed E-state index contributed by atoms with van der Waals surface area (Å²) in [6.45, 7) is 0.417. The van der Waals surface area contributed by atoms with Crippen LogP contribution in [0.3, 0.4) is 0 Å². The summed E-state index contributed by atoms with van der Waals surface area (Å²) in [6, 6.07) is 0. The average molecular weight is 219 g/mol. The molecule has 0 aliphatic heterocycles. The number of rotatable bonds is 4. The van der Waals surface area contributed by atoms with E-state index in [0.29, 0.717) is 6.54 Å². The molecule has 82 valence electrons. The van der Waals surface area contributed by atoms with Gasteiger partial charge in [0.1, 0.15) is 0 Å². The van der Waals surface area contributed by atoms with Crippen molar-refractivity contribution >= 4 is 10.0 Å². The van der Waals surface area contributed by atoms with Crippen LogP contribution in [0.15, 0.2) is 0 Å². The van der Waals surface area contributed by atoms with E-state index in [1.165, 1.54) is 0 Å². The standard InChI is InChI=1S/C9H17NO3S/c11-9-3-1-2-7(9)6-10-14(12,13)8-4-5-8/h7-11H,1-6H2. The van der Waals surface area contributed by atoms with Gasteiger partial charge in [0.05, 0.1) is 11.4 Å². The first-order chi connectivity index (χ1) is 6.59. The first kappa shape index (κ1) is 10.4. The fourth-order valence-corrected chi connectivity index (χ4v) is 3.41. The summed E-state index contributed by atoms with van der Waals surface area (Å²) in [4.78, 5) is 0. The molecule has 0 spiro atoms. The molecule has 2 aliphatic carbocycles. The summed E-state index contributed by atoms with van der Waals surface area (Å²) in [7, 11) is -3.06. The molecule has 14 heavy (non-hydrogen) atoms. The lowest BCUT2D eigenvalue weighted by atomic mass is 10.1. The number of aliphatic hydroxyl groups is 1. The van der Waals surface area contributed by atoms with Crippen LogP contribution < -0.4 is 4.72 Å². The molecular formula is C9H17NO3S. The molecule has 2 atom stereocenters. The molecule has 0 bridgehead atoms. The Morgan fingerprint density at radius 2 is 1.93 bits per heavy atom. The second-order valence-corrected chi connectivity index (χ2v) is 6.40. The highest BCUT2D eigenvalue weighted by Crippen LogP contribution is 2.29. The van der Waals surface area contributed by atoms with E-state index in [-0.39, 0.29) is 17.3 Å². The Bertz CT molecular complexity index is 297. The first-order valence-electron chi connectivity index (χ1n) is 5.26. The maximum Gasteiger partial charge on any atom is 0.214 e. The zero-order valence-electron chi connectivity index (χ0n) is 8.15. The van der Waals surface area contributed by atoms with E-state index in [1.54, 1.807) is 0 Å². The molecule has 2 saturated carbocycles. The van der Waals surface area contributed by atoms with Crippen molar-refractivity contribution in [1.82, 2.24) is 4.72 Å². The minimum atomic E-state index is -3.06. The first-order valence-corrected chi connectivity index (χ1v) is 6.81. The minimum Gasteiger partial charge on any atom is -0.393 e. The van der Waals surface area contributed by atoms with Crippen LogP contribution in [-0.2, 0) is 10.0 Å². The van der Waals surface area contributed by atoms with Crippen molar-refractivity contribution in [3.8, 4) is 0 Å². The number of hydrogen-bond donors (Lipinski definition) is 2. The van der Waals surface area contributed by atoms with Gasteiger partial charge in [-0.15, -0.1) is 0 Å². The molecule has 2 N–H and O–H groups in total. The molecular weight excluding hydrogens is 202 g/mol. The Morgan fingerprint density at radius 3 is 2.43 bits per heavy atom.